The lowest BCUT2D eigenvalue weighted by molar-refractivity contribution is -0.127. The molecule has 2 nitrogen and oxygen atoms in total. The van der Waals surface area contributed by atoms with E-state index >= 15 is 0 Å². The van der Waals surface area contributed by atoms with Crippen LogP contribution in [0.1, 0.15) is 64.5 Å². The van der Waals surface area contributed by atoms with Crippen LogP contribution in [0.2, 0.25) is 0 Å². The summed E-state index contributed by atoms with van der Waals surface area (Å²) in [5.74, 6) is 2.55. The van der Waals surface area contributed by atoms with E-state index in [1.165, 1.54) is 12.8 Å². The first-order chi connectivity index (χ1) is 10.5. The van der Waals surface area contributed by atoms with Gasteiger partial charge in [-0.15, -0.1) is 0 Å². The summed E-state index contributed by atoms with van der Waals surface area (Å²) in [6, 6.07) is 10.1. The minimum atomic E-state index is -0.0244. The molecule has 2 heteroatoms. The van der Waals surface area contributed by atoms with Crippen molar-refractivity contribution in [2.45, 2.75) is 58.9 Å². The van der Waals surface area contributed by atoms with Crippen LogP contribution >= 0.6 is 0 Å². The van der Waals surface area contributed by atoms with E-state index in [0.29, 0.717) is 30.0 Å². The number of carbonyl (C=O) groups excluding carboxylic acids is 1. The van der Waals surface area contributed by atoms with Crippen LogP contribution in [0.3, 0.4) is 0 Å². The van der Waals surface area contributed by atoms with E-state index in [-0.39, 0.29) is 12.0 Å². The van der Waals surface area contributed by atoms with Crippen molar-refractivity contribution in [2.75, 3.05) is 0 Å². The summed E-state index contributed by atoms with van der Waals surface area (Å²) in [7, 11) is 0. The molecule has 1 aromatic rings. The molecule has 0 aromatic heterocycles. The van der Waals surface area contributed by atoms with Crippen molar-refractivity contribution in [1.29, 1.82) is 0 Å². The monoisotopic (exact) mass is 301 g/mol. The van der Waals surface area contributed by atoms with Crippen LogP contribution in [0.5, 0.6) is 0 Å². The van der Waals surface area contributed by atoms with E-state index < -0.39 is 0 Å². The number of benzene rings is 1. The van der Waals surface area contributed by atoms with Gasteiger partial charge in [0.25, 0.3) is 0 Å². The molecule has 0 aliphatic heterocycles. The fourth-order valence-electron chi connectivity index (χ4n) is 3.92. The Balaban J connectivity index is 1.92. The average molecular weight is 301 g/mol. The van der Waals surface area contributed by atoms with Crippen LogP contribution in [0, 0.1) is 23.7 Å². The van der Waals surface area contributed by atoms with Crippen molar-refractivity contribution < 1.29 is 4.79 Å². The summed E-state index contributed by atoms with van der Waals surface area (Å²) in [5.41, 5.74) is 7.37. The summed E-state index contributed by atoms with van der Waals surface area (Å²) in [5, 5.41) is 0. The Bertz CT molecular complexity index is 468. The molecule has 0 bridgehead atoms. The molecule has 0 saturated heterocycles. The molecule has 1 aromatic carbocycles. The molecular weight excluding hydrogens is 270 g/mol. The average Bonchev–Trinajstić information content (AvgIpc) is 2.52. The van der Waals surface area contributed by atoms with Crippen LogP contribution < -0.4 is 5.73 Å². The second-order valence-electron chi connectivity index (χ2n) is 7.45. The van der Waals surface area contributed by atoms with Gasteiger partial charge in [-0.05, 0) is 42.6 Å². The van der Waals surface area contributed by atoms with Crippen LogP contribution in [0.25, 0.3) is 0 Å². The minimum absolute atomic E-state index is 0.0244. The van der Waals surface area contributed by atoms with Gasteiger partial charge in [-0.3, -0.25) is 4.79 Å². The van der Waals surface area contributed by atoms with Gasteiger partial charge < -0.3 is 5.73 Å². The van der Waals surface area contributed by atoms with Gasteiger partial charge in [0, 0.05) is 18.4 Å². The normalized spacial score (nSPS) is 26.9. The Kier molecular flexibility index (Phi) is 6.19. The lowest BCUT2D eigenvalue weighted by atomic mass is 9.68. The van der Waals surface area contributed by atoms with Gasteiger partial charge >= 0.3 is 0 Å². The number of hydrogen-bond donors (Lipinski definition) is 1. The Morgan fingerprint density at radius 2 is 1.91 bits per heavy atom. The van der Waals surface area contributed by atoms with Gasteiger partial charge in [0.2, 0.25) is 0 Å². The van der Waals surface area contributed by atoms with Crippen molar-refractivity contribution in [3.8, 4) is 0 Å². The van der Waals surface area contributed by atoms with E-state index in [4.69, 9.17) is 5.73 Å². The SMILES string of the molecule is CC(C)[C@@H]1CC[C@@H](C)C[C@H]1C(=O)CCC(N)c1ccccc1. The molecule has 2 rings (SSSR count). The lowest BCUT2D eigenvalue weighted by Crippen LogP contribution is -2.33. The molecule has 0 radical (unpaired) electrons. The highest BCUT2D eigenvalue weighted by molar-refractivity contribution is 5.81. The van der Waals surface area contributed by atoms with Gasteiger partial charge in [0.05, 0.1) is 0 Å². The molecule has 1 saturated carbocycles. The number of hydrogen-bond acceptors (Lipinski definition) is 2. The van der Waals surface area contributed by atoms with Crippen molar-refractivity contribution in [3.05, 3.63) is 35.9 Å². The topological polar surface area (TPSA) is 43.1 Å². The van der Waals surface area contributed by atoms with Gasteiger partial charge in [-0.1, -0.05) is 57.5 Å². The summed E-state index contributed by atoms with van der Waals surface area (Å²) >= 11 is 0. The fourth-order valence-corrected chi connectivity index (χ4v) is 3.92. The van der Waals surface area contributed by atoms with E-state index in [9.17, 15) is 4.79 Å². The fraction of sp³-hybridized carbons (Fsp3) is 0.650. The number of nitrogens with two attached hydrogens (primary N) is 1. The predicted molar refractivity (Wildman–Crippen MR) is 92.4 cm³/mol. The first-order valence-electron chi connectivity index (χ1n) is 8.82. The zero-order valence-corrected chi connectivity index (χ0v) is 14.3. The maximum absolute atomic E-state index is 12.7. The standard InChI is InChI=1S/C20H31NO/c1-14(2)17-10-9-15(3)13-18(17)20(22)12-11-19(21)16-7-5-4-6-8-16/h4-8,14-15,17-19H,9-13,21H2,1-3H3/t15-,17+,18-,19?/m1/s1. The molecule has 0 spiro atoms. The molecule has 0 heterocycles. The Labute approximate surface area is 135 Å². The zero-order valence-electron chi connectivity index (χ0n) is 14.3. The largest absolute Gasteiger partial charge is 0.324 e. The summed E-state index contributed by atoms with van der Waals surface area (Å²) in [6.45, 7) is 6.81. The van der Waals surface area contributed by atoms with Gasteiger partial charge in [-0.2, -0.15) is 0 Å². The third-order valence-electron chi connectivity index (χ3n) is 5.37. The number of rotatable bonds is 6. The van der Waals surface area contributed by atoms with Crippen molar-refractivity contribution in [2.24, 2.45) is 29.4 Å². The van der Waals surface area contributed by atoms with Crippen molar-refractivity contribution >= 4 is 5.78 Å². The number of ketones is 1. The first-order valence-corrected chi connectivity index (χ1v) is 8.82. The first kappa shape index (κ1) is 17.2. The molecule has 1 unspecified atom stereocenters. The highest BCUT2D eigenvalue weighted by Crippen LogP contribution is 2.39. The maximum Gasteiger partial charge on any atom is 0.136 e. The van der Waals surface area contributed by atoms with E-state index in [1.54, 1.807) is 0 Å². The lowest BCUT2D eigenvalue weighted by Gasteiger charge is -2.36. The van der Waals surface area contributed by atoms with Crippen LogP contribution in [0.15, 0.2) is 30.3 Å². The molecule has 22 heavy (non-hydrogen) atoms. The highest BCUT2D eigenvalue weighted by atomic mass is 16.1. The highest BCUT2D eigenvalue weighted by Gasteiger charge is 2.34. The maximum atomic E-state index is 12.7. The molecule has 1 aliphatic rings. The molecule has 0 amide bonds. The quantitative estimate of drug-likeness (QED) is 0.824. The molecule has 1 fully saturated rings. The third kappa shape index (κ3) is 4.42. The number of Topliss-reactive ketones (excluding diaryl/α,β-unsaturated/α-hetero) is 1. The Morgan fingerprint density at radius 1 is 1.23 bits per heavy atom. The minimum Gasteiger partial charge on any atom is -0.324 e. The predicted octanol–water partition coefficient (Wildman–Crippen LogP) is 4.74. The van der Waals surface area contributed by atoms with Crippen LogP contribution in [-0.2, 0) is 4.79 Å². The summed E-state index contributed by atoms with van der Waals surface area (Å²) in [4.78, 5) is 12.7. The molecule has 2 N–H and O–H groups in total. The Morgan fingerprint density at radius 3 is 2.55 bits per heavy atom. The van der Waals surface area contributed by atoms with Gasteiger partial charge in [-0.25, -0.2) is 0 Å². The molecule has 122 valence electrons. The van der Waals surface area contributed by atoms with Crippen LogP contribution in [-0.4, -0.2) is 5.78 Å². The smallest absolute Gasteiger partial charge is 0.136 e. The summed E-state index contributed by atoms with van der Waals surface area (Å²) < 4.78 is 0. The van der Waals surface area contributed by atoms with E-state index in [2.05, 4.69) is 32.9 Å². The third-order valence-corrected chi connectivity index (χ3v) is 5.37. The number of carbonyl (C=O) groups is 1. The van der Waals surface area contributed by atoms with Crippen molar-refractivity contribution in [1.82, 2.24) is 0 Å². The summed E-state index contributed by atoms with van der Waals surface area (Å²) in [6.07, 6.45) is 4.94. The molecule has 1 aliphatic carbocycles. The zero-order chi connectivity index (χ0) is 16.1. The van der Waals surface area contributed by atoms with Crippen molar-refractivity contribution in [3.63, 3.8) is 0 Å². The second kappa shape index (κ2) is 7.92. The van der Waals surface area contributed by atoms with Gasteiger partial charge in [0.1, 0.15) is 5.78 Å². The van der Waals surface area contributed by atoms with E-state index in [1.807, 2.05) is 18.2 Å². The van der Waals surface area contributed by atoms with E-state index in [0.717, 1.165) is 18.4 Å². The Hall–Kier alpha value is -1.15. The van der Waals surface area contributed by atoms with Gasteiger partial charge in [0.15, 0.2) is 0 Å². The molecular formula is C20H31NO. The van der Waals surface area contributed by atoms with Crippen LogP contribution in [0.4, 0.5) is 0 Å². The second-order valence-corrected chi connectivity index (χ2v) is 7.45. The molecule has 4 atom stereocenters.